The number of H-pyrrole nitrogens is 1. The highest BCUT2D eigenvalue weighted by molar-refractivity contribution is 14.0. The first-order chi connectivity index (χ1) is 13.2. The Labute approximate surface area is 185 Å². The Morgan fingerprint density at radius 3 is 2.82 bits per heavy atom. The first-order valence-electron chi connectivity index (χ1n) is 10.1. The number of morpholine rings is 1. The minimum absolute atomic E-state index is 0. The number of para-hydroxylation sites is 1. The van der Waals surface area contributed by atoms with E-state index in [1.54, 1.807) is 0 Å². The van der Waals surface area contributed by atoms with Gasteiger partial charge in [0.15, 0.2) is 5.96 Å². The van der Waals surface area contributed by atoms with Crippen LogP contribution in [0.2, 0.25) is 0 Å². The van der Waals surface area contributed by atoms with Crippen molar-refractivity contribution in [2.45, 2.75) is 33.2 Å². The number of aromatic amines is 1. The van der Waals surface area contributed by atoms with E-state index in [9.17, 15) is 0 Å². The van der Waals surface area contributed by atoms with Crippen LogP contribution < -0.4 is 10.6 Å². The average Bonchev–Trinajstić information content (AvgIpc) is 3.11. The Morgan fingerprint density at radius 2 is 2.07 bits per heavy atom. The molecule has 1 aromatic heterocycles. The molecule has 1 fully saturated rings. The van der Waals surface area contributed by atoms with Crippen LogP contribution in [0.25, 0.3) is 10.9 Å². The van der Waals surface area contributed by atoms with Crippen LogP contribution in [0.1, 0.15) is 25.0 Å². The molecule has 0 aliphatic carbocycles. The van der Waals surface area contributed by atoms with E-state index in [1.165, 1.54) is 22.0 Å². The number of aryl methyl sites for hydroxylation is 1. The third-order valence-electron chi connectivity index (χ3n) is 5.22. The second kappa shape index (κ2) is 11.6. The van der Waals surface area contributed by atoms with Crippen molar-refractivity contribution < 1.29 is 4.74 Å². The topological polar surface area (TPSA) is 64.7 Å². The van der Waals surface area contributed by atoms with Gasteiger partial charge >= 0.3 is 0 Å². The number of nitrogens with zero attached hydrogens (tertiary/aromatic N) is 2. The van der Waals surface area contributed by atoms with Crippen molar-refractivity contribution in [3.8, 4) is 0 Å². The quantitative estimate of drug-likeness (QED) is 0.312. The van der Waals surface area contributed by atoms with Crippen LogP contribution in [-0.4, -0.2) is 67.8 Å². The lowest BCUT2D eigenvalue weighted by Gasteiger charge is -2.31. The molecular weight excluding hydrogens is 465 g/mol. The molecule has 0 amide bonds. The lowest BCUT2D eigenvalue weighted by Crippen LogP contribution is -2.44. The second-order valence-electron chi connectivity index (χ2n) is 7.21. The van der Waals surface area contributed by atoms with Gasteiger partial charge in [-0.1, -0.05) is 18.2 Å². The Balaban J connectivity index is 0.00000280. The number of guanidine groups is 1. The SMILES string of the molecule is CCNC(=NCC(C)N1CCOCC1)NCCc1c[nH]c2c(C)cccc12.I. The van der Waals surface area contributed by atoms with Crippen molar-refractivity contribution in [1.29, 1.82) is 0 Å². The summed E-state index contributed by atoms with van der Waals surface area (Å²) in [6.07, 6.45) is 3.09. The fraction of sp³-hybridized carbons (Fsp3) is 0.571. The third kappa shape index (κ3) is 6.09. The Hall–Kier alpha value is -1.32. The first kappa shape index (κ1) is 23.0. The molecule has 0 radical (unpaired) electrons. The molecule has 6 nitrogen and oxygen atoms in total. The molecular formula is C21H34IN5O. The maximum Gasteiger partial charge on any atom is 0.191 e. The first-order valence-corrected chi connectivity index (χ1v) is 10.1. The van der Waals surface area contributed by atoms with E-state index in [4.69, 9.17) is 9.73 Å². The number of rotatable bonds is 7. The van der Waals surface area contributed by atoms with E-state index >= 15 is 0 Å². The summed E-state index contributed by atoms with van der Waals surface area (Å²) in [4.78, 5) is 10.6. The van der Waals surface area contributed by atoms with Gasteiger partial charge in [0.1, 0.15) is 0 Å². The number of fused-ring (bicyclic) bond motifs is 1. The van der Waals surface area contributed by atoms with Crippen LogP contribution in [0.3, 0.4) is 0 Å². The molecule has 1 aliphatic heterocycles. The molecule has 3 rings (SSSR count). The monoisotopic (exact) mass is 499 g/mol. The molecule has 156 valence electrons. The van der Waals surface area contributed by atoms with Gasteiger partial charge < -0.3 is 20.4 Å². The molecule has 1 unspecified atom stereocenters. The summed E-state index contributed by atoms with van der Waals surface area (Å²) in [6, 6.07) is 6.89. The number of nitrogens with one attached hydrogen (secondary N) is 3. The van der Waals surface area contributed by atoms with Crippen molar-refractivity contribution in [2.24, 2.45) is 4.99 Å². The van der Waals surface area contributed by atoms with Gasteiger partial charge in [0.2, 0.25) is 0 Å². The molecule has 2 heterocycles. The molecule has 3 N–H and O–H groups in total. The molecule has 0 spiro atoms. The highest BCUT2D eigenvalue weighted by Crippen LogP contribution is 2.21. The summed E-state index contributed by atoms with van der Waals surface area (Å²) in [5, 5.41) is 8.15. The van der Waals surface area contributed by atoms with Gasteiger partial charge in [-0.3, -0.25) is 9.89 Å². The maximum atomic E-state index is 5.44. The number of ether oxygens (including phenoxy) is 1. The zero-order valence-corrected chi connectivity index (χ0v) is 19.6. The lowest BCUT2D eigenvalue weighted by atomic mass is 10.1. The van der Waals surface area contributed by atoms with Crippen molar-refractivity contribution in [3.63, 3.8) is 0 Å². The van der Waals surface area contributed by atoms with Gasteiger partial charge in [0, 0.05) is 49.3 Å². The standard InChI is InChI=1S/C21H33N5O.HI/c1-4-22-21(25-14-17(3)26-10-12-27-13-11-26)23-9-8-18-15-24-20-16(2)6-5-7-19(18)20;/h5-7,15,17,24H,4,8-14H2,1-3H3,(H2,22,23,25);1H. The number of hydrogen-bond donors (Lipinski definition) is 3. The minimum atomic E-state index is 0. The van der Waals surface area contributed by atoms with Crippen molar-refractivity contribution >= 4 is 40.8 Å². The van der Waals surface area contributed by atoms with Gasteiger partial charge in [0.25, 0.3) is 0 Å². The van der Waals surface area contributed by atoms with Crippen LogP contribution in [-0.2, 0) is 11.2 Å². The van der Waals surface area contributed by atoms with Gasteiger partial charge in [-0.15, -0.1) is 24.0 Å². The summed E-state index contributed by atoms with van der Waals surface area (Å²) in [6.45, 7) is 12.7. The van der Waals surface area contributed by atoms with Crippen molar-refractivity contribution in [3.05, 3.63) is 35.5 Å². The van der Waals surface area contributed by atoms with Gasteiger partial charge in [-0.25, -0.2) is 0 Å². The lowest BCUT2D eigenvalue weighted by molar-refractivity contribution is 0.0220. The second-order valence-corrected chi connectivity index (χ2v) is 7.21. The van der Waals surface area contributed by atoms with Crippen LogP contribution >= 0.6 is 24.0 Å². The molecule has 0 saturated carbocycles. The molecule has 2 aromatic rings. The van der Waals surface area contributed by atoms with Gasteiger partial charge in [0.05, 0.1) is 19.8 Å². The molecule has 28 heavy (non-hydrogen) atoms. The highest BCUT2D eigenvalue weighted by atomic mass is 127. The van der Waals surface area contributed by atoms with E-state index in [1.807, 2.05) is 0 Å². The number of hydrogen-bond acceptors (Lipinski definition) is 3. The van der Waals surface area contributed by atoms with Gasteiger partial charge in [-0.05, 0) is 38.3 Å². The van der Waals surface area contributed by atoms with Crippen LogP contribution in [0, 0.1) is 6.92 Å². The maximum absolute atomic E-state index is 5.44. The predicted molar refractivity (Wildman–Crippen MR) is 128 cm³/mol. The summed E-state index contributed by atoms with van der Waals surface area (Å²) < 4.78 is 5.44. The van der Waals surface area contributed by atoms with E-state index in [-0.39, 0.29) is 24.0 Å². The van der Waals surface area contributed by atoms with Crippen molar-refractivity contribution in [2.75, 3.05) is 45.9 Å². The van der Waals surface area contributed by atoms with E-state index in [2.05, 4.69) is 65.7 Å². The number of aliphatic imine (C=N–C) groups is 1. The van der Waals surface area contributed by atoms with Crippen LogP contribution in [0.15, 0.2) is 29.4 Å². The normalized spacial score (nSPS) is 16.6. The van der Waals surface area contributed by atoms with Crippen molar-refractivity contribution in [1.82, 2.24) is 20.5 Å². The fourth-order valence-corrected chi connectivity index (χ4v) is 3.59. The van der Waals surface area contributed by atoms with Gasteiger partial charge in [-0.2, -0.15) is 0 Å². The summed E-state index contributed by atoms with van der Waals surface area (Å²) in [5.41, 5.74) is 3.88. The summed E-state index contributed by atoms with van der Waals surface area (Å²) in [7, 11) is 0. The average molecular weight is 499 g/mol. The number of aromatic nitrogens is 1. The Kier molecular flexibility index (Phi) is 9.53. The summed E-state index contributed by atoms with van der Waals surface area (Å²) in [5.74, 6) is 0.897. The Morgan fingerprint density at radius 1 is 1.29 bits per heavy atom. The summed E-state index contributed by atoms with van der Waals surface area (Å²) >= 11 is 0. The number of benzene rings is 1. The molecule has 0 bridgehead atoms. The predicted octanol–water partition coefficient (Wildman–Crippen LogP) is 2.91. The molecule has 1 aromatic carbocycles. The fourth-order valence-electron chi connectivity index (χ4n) is 3.59. The smallest absolute Gasteiger partial charge is 0.191 e. The number of halogens is 1. The zero-order valence-electron chi connectivity index (χ0n) is 17.3. The molecule has 7 heteroatoms. The highest BCUT2D eigenvalue weighted by Gasteiger charge is 2.16. The third-order valence-corrected chi connectivity index (χ3v) is 5.22. The van der Waals surface area contributed by atoms with Crippen LogP contribution in [0.5, 0.6) is 0 Å². The minimum Gasteiger partial charge on any atom is -0.379 e. The zero-order chi connectivity index (χ0) is 19.1. The largest absolute Gasteiger partial charge is 0.379 e. The molecule has 1 atom stereocenters. The van der Waals surface area contributed by atoms with E-state index in [0.717, 1.165) is 58.3 Å². The molecule has 1 aliphatic rings. The van der Waals surface area contributed by atoms with E-state index in [0.29, 0.717) is 6.04 Å². The van der Waals surface area contributed by atoms with Crippen LogP contribution in [0.4, 0.5) is 0 Å². The Bertz CT molecular complexity index is 754. The van der Waals surface area contributed by atoms with E-state index < -0.39 is 0 Å². The molecule has 1 saturated heterocycles.